The van der Waals surface area contributed by atoms with Crippen molar-refractivity contribution in [3.05, 3.63) is 20.9 Å². The van der Waals surface area contributed by atoms with Gasteiger partial charge in [0.05, 0.1) is 5.22 Å². The third-order valence-corrected chi connectivity index (χ3v) is 4.97. The van der Waals surface area contributed by atoms with Gasteiger partial charge >= 0.3 is 0 Å². The molecule has 0 bridgehead atoms. The van der Waals surface area contributed by atoms with E-state index in [1.54, 1.807) is 6.08 Å². The minimum atomic E-state index is -0.802. The number of carbonyl (C=O) groups excluding carboxylic acids is 2. The largest absolute Gasteiger partial charge is 0.295 e. The van der Waals surface area contributed by atoms with Crippen LogP contribution in [0.15, 0.2) is 4.79 Å². The van der Waals surface area contributed by atoms with Crippen LogP contribution in [0.5, 0.6) is 0 Å². The van der Waals surface area contributed by atoms with E-state index in [0.717, 1.165) is 4.68 Å². The molecule has 1 unspecified atom stereocenters. The highest BCUT2D eigenvalue weighted by Crippen LogP contribution is 2.14. The third-order valence-electron chi connectivity index (χ3n) is 3.03. The number of halogens is 1. The van der Waals surface area contributed by atoms with E-state index in [-0.39, 0.29) is 18.7 Å². The molecule has 0 aromatic carbocycles. The number of nitrogens with zero attached hydrogens (tertiary/aromatic N) is 3. The molecule has 1 saturated heterocycles. The maximum absolute atomic E-state index is 12.4. The first kappa shape index (κ1) is 13.3. The number of nitrogens with one attached hydrogen (secondary N) is 1. The molecule has 2 radical (unpaired) electrons. The lowest BCUT2D eigenvalue weighted by atomic mass is 10.0. The van der Waals surface area contributed by atoms with Crippen molar-refractivity contribution < 1.29 is 9.59 Å². The molecule has 9 heteroatoms. The summed E-state index contributed by atoms with van der Waals surface area (Å²) in [7, 11) is 5.75. The summed E-state index contributed by atoms with van der Waals surface area (Å²) >= 11 is -0.451. The number of imide groups is 1. The number of amides is 2. The maximum Gasteiger partial charge on any atom is 0.278 e. The van der Waals surface area contributed by atoms with Crippen molar-refractivity contribution in [2.45, 2.75) is 18.9 Å². The Labute approximate surface area is 123 Å². The molecule has 1 aromatic rings. The first-order valence-electron chi connectivity index (χ1n) is 5.83. The quantitative estimate of drug-likeness (QED) is 0.327. The molecular weight excluding hydrogens is 374 g/mol. The Morgan fingerprint density at radius 1 is 1.40 bits per heavy atom. The summed E-state index contributed by atoms with van der Waals surface area (Å²) < 4.78 is 3.52. The van der Waals surface area contributed by atoms with Crippen molar-refractivity contribution in [1.82, 2.24) is 20.3 Å². The van der Waals surface area contributed by atoms with Crippen molar-refractivity contribution in [2.24, 2.45) is 0 Å². The molecule has 2 amide bonds. The van der Waals surface area contributed by atoms with E-state index in [0.29, 0.717) is 14.0 Å². The first-order valence-corrected chi connectivity index (χ1v) is 8.15. The van der Waals surface area contributed by atoms with E-state index in [1.807, 2.05) is 4.08 Å². The van der Waals surface area contributed by atoms with Crippen LogP contribution in [0.3, 0.4) is 0 Å². The van der Waals surface area contributed by atoms with Crippen LogP contribution in [0.4, 0.5) is 0 Å². The van der Waals surface area contributed by atoms with Crippen LogP contribution in [0.2, 0.25) is 0 Å². The maximum atomic E-state index is 12.4. The lowest BCUT2D eigenvalue weighted by molar-refractivity contribution is -0.136. The molecule has 1 atom stereocenters. The van der Waals surface area contributed by atoms with Crippen molar-refractivity contribution >= 4 is 54.0 Å². The number of carbonyl (C=O) groups is 2. The zero-order valence-electron chi connectivity index (χ0n) is 10.2. The van der Waals surface area contributed by atoms with Gasteiger partial charge in [0.25, 0.3) is 11.5 Å². The van der Waals surface area contributed by atoms with Gasteiger partial charge in [-0.3, -0.25) is 19.7 Å². The minimum absolute atomic E-state index is 0.178. The SMILES string of the molecule is [B]C1=IC=c2nnn(C3CCC(=O)NC3=O)c(=O)c2=C1. The van der Waals surface area contributed by atoms with E-state index < -0.39 is 38.2 Å². The van der Waals surface area contributed by atoms with Gasteiger partial charge in [-0.15, -0.1) is 5.10 Å². The average molecular weight is 382 g/mol. The van der Waals surface area contributed by atoms with Gasteiger partial charge in [-0.1, -0.05) is 29.4 Å². The third kappa shape index (κ3) is 2.25. The summed E-state index contributed by atoms with van der Waals surface area (Å²) in [5.41, 5.74) is -0.410. The smallest absolute Gasteiger partial charge is 0.278 e. The van der Waals surface area contributed by atoms with Crippen LogP contribution in [0.25, 0.3) is 10.2 Å². The summed E-state index contributed by atoms with van der Waals surface area (Å²) in [6.45, 7) is 0. The summed E-state index contributed by atoms with van der Waals surface area (Å²) in [5.74, 6) is -0.866. The molecule has 3 heterocycles. The fourth-order valence-corrected chi connectivity index (χ4v) is 3.65. The fraction of sp³-hybridized carbons (Fsp3) is 0.273. The summed E-state index contributed by atoms with van der Waals surface area (Å²) in [5, 5.41) is 10.8. The second-order valence-corrected chi connectivity index (χ2v) is 6.84. The molecule has 1 N–H and O–H groups in total. The number of piperidine rings is 1. The molecule has 7 nitrogen and oxygen atoms in total. The van der Waals surface area contributed by atoms with Gasteiger partial charge in [0.15, 0.2) is 0 Å². The van der Waals surface area contributed by atoms with Crippen LogP contribution in [-0.4, -0.2) is 38.1 Å². The first-order chi connectivity index (χ1) is 9.56. The van der Waals surface area contributed by atoms with Crippen molar-refractivity contribution in [1.29, 1.82) is 0 Å². The van der Waals surface area contributed by atoms with Crippen LogP contribution in [0.1, 0.15) is 18.9 Å². The highest BCUT2D eigenvalue weighted by atomic mass is 127. The van der Waals surface area contributed by atoms with Crippen LogP contribution < -0.4 is 21.4 Å². The second kappa shape index (κ2) is 5.04. The van der Waals surface area contributed by atoms with E-state index in [4.69, 9.17) is 7.85 Å². The second-order valence-electron chi connectivity index (χ2n) is 4.35. The van der Waals surface area contributed by atoms with E-state index in [1.165, 1.54) is 0 Å². The van der Waals surface area contributed by atoms with Gasteiger partial charge in [0.1, 0.15) is 19.2 Å². The van der Waals surface area contributed by atoms with Gasteiger partial charge in [0, 0.05) is 6.42 Å². The van der Waals surface area contributed by atoms with E-state index in [9.17, 15) is 14.4 Å². The lowest BCUT2D eigenvalue weighted by Crippen LogP contribution is -2.53. The minimum Gasteiger partial charge on any atom is -0.295 e. The van der Waals surface area contributed by atoms with Crippen LogP contribution in [-0.2, 0) is 9.59 Å². The monoisotopic (exact) mass is 382 g/mol. The molecule has 0 saturated carbocycles. The molecule has 1 aromatic heterocycles. The lowest BCUT2D eigenvalue weighted by Gasteiger charge is -2.21. The summed E-state index contributed by atoms with van der Waals surface area (Å²) in [6, 6.07) is -0.802. The Hall–Kier alpha value is -1.65. The highest BCUT2D eigenvalue weighted by Gasteiger charge is 2.30. The van der Waals surface area contributed by atoms with Gasteiger partial charge < -0.3 is 0 Å². The molecule has 2 aliphatic rings. The van der Waals surface area contributed by atoms with E-state index in [2.05, 4.69) is 15.6 Å². The zero-order chi connectivity index (χ0) is 14.3. The molecular formula is C11H8BIN4O3. The molecule has 100 valence electrons. The van der Waals surface area contributed by atoms with Crippen molar-refractivity contribution in [2.75, 3.05) is 0 Å². The normalized spacial score (nSPS) is 21.6. The summed E-state index contributed by atoms with van der Waals surface area (Å²) in [4.78, 5) is 35.3. The van der Waals surface area contributed by atoms with E-state index >= 15 is 0 Å². The highest BCUT2D eigenvalue weighted by molar-refractivity contribution is 14.2. The van der Waals surface area contributed by atoms with Crippen molar-refractivity contribution in [3.63, 3.8) is 0 Å². The van der Waals surface area contributed by atoms with Crippen LogP contribution >= 0.6 is 20.7 Å². The standard InChI is InChI=1S/C11H8BIN4O3/c12-8-3-5-6(4-13-8)15-16-17(11(5)20)7-1-2-9(18)14-10(7)19/h3-4,7H,1-2H2,(H,14,18,19). The van der Waals surface area contributed by atoms with Gasteiger partial charge in [-0.2, -0.15) is 4.68 Å². The number of fused-ring (bicyclic) bond motifs is 1. The summed E-state index contributed by atoms with van der Waals surface area (Å²) in [6.07, 6.45) is 2.02. The molecule has 3 rings (SSSR count). The predicted octanol–water partition coefficient (Wildman–Crippen LogP) is -2.58. The Kier molecular flexibility index (Phi) is 3.36. The van der Waals surface area contributed by atoms with Gasteiger partial charge in [0.2, 0.25) is 5.91 Å². The molecule has 20 heavy (non-hydrogen) atoms. The Morgan fingerprint density at radius 3 is 2.95 bits per heavy atom. The number of rotatable bonds is 1. The molecule has 1 fully saturated rings. The van der Waals surface area contributed by atoms with Gasteiger partial charge in [-0.05, 0) is 16.6 Å². The average Bonchev–Trinajstić information content (AvgIpc) is 2.41. The number of hydrogen-bond acceptors (Lipinski definition) is 5. The van der Waals surface area contributed by atoms with Crippen molar-refractivity contribution in [3.8, 4) is 0 Å². The Morgan fingerprint density at radius 2 is 2.20 bits per heavy atom. The fourth-order valence-electron chi connectivity index (χ4n) is 2.04. The molecule has 0 aliphatic carbocycles. The topological polar surface area (TPSA) is 93.9 Å². The van der Waals surface area contributed by atoms with Gasteiger partial charge in [-0.25, -0.2) is 0 Å². The number of aromatic nitrogens is 3. The zero-order valence-corrected chi connectivity index (χ0v) is 12.3. The Balaban J connectivity index is 2.13. The predicted molar refractivity (Wildman–Crippen MR) is 80.7 cm³/mol. The van der Waals surface area contributed by atoms with Crippen LogP contribution in [0, 0.1) is 0 Å². The molecule has 0 spiro atoms. The Bertz CT molecular complexity index is 829. The number of hydrogen-bond donors (Lipinski definition) is 1. The molecule has 2 aliphatic heterocycles.